The first-order valence-corrected chi connectivity index (χ1v) is 7.59. The lowest BCUT2D eigenvalue weighted by Gasteiger charge is -2.27. The van der Waals surface area contributed by atoms with Crippen molar-refractivity contribution in [2.24, 2.45) is 0 Å². The van der Waals surface area contributed by atoms with E-state index in [1.54, 1.807) is 6.26 Å². The summed E-state index contributed by atoms with van der Waals surface area (Å²) in [4.78, 5) is 2.47. The third kappa shape index (κ3) is 2.92. The molecule has 0 aromatic heterocycles. The first kappa shape index (κ1) is 11.8. The first-order valence-electron chi connectivity index (χ1n) is 5.86. The van der Waals surface area contributed by atoms with Crippen LogP contribution in [0.25, 0.3) is 0 Å². The van der Waals surface area contributed by atoms with Crippen molar-refractivity contribution in [3.63, 3.8) is 0 Å². The van der Waals surface area contributed by atoms with Crippen molar-refractivity contribution in [1.29, 1.82) is 0 Å². The molecule has 2 nitrogen and oxygen atoms in total. The van der Waals surface area contributed by atoms with Crippen LogP contribution in [0.3, 0.4) is 0 Å². The van der Waals surface area contributed by atoms with E-state index in [-0.39, 0.29) is 0 Å². The minimum atomic E-state index is -0.734. The Labute approximate surface area is 100 Å². The Morgan fingerprint density at radius 2 is 1.88 bits per heavy atom. The molecular formula is C13H19NOS. The van der Waals surface area contributed by atoms with Crippen LogP contribution < -0.4 is 0 Å². The number of likely N-dealkylation sites (tertiary alicyclic amines) is 1. The maximum Gasteiger partial charge on any atom is 0.0463 e. The average molecular weight is 237 g/mol. The molecule has 16 heavy (non-hydrogen) atoms. The molecule has 1 saturated heterocycles. The second kappa shape index (κ2) is 5.60. The van der Waals surface area contributed by atoms with Crippen molar-refractivity contribution in [2.45, 2.75) is 18.9 Å². The minimum absolute atomic E-state index is 0.342. The van der Waals surface area contributed by atoms with Crippen LogP contribution >= 0.6 is 0 Å². The molecule has 0 amide bonds. The lowest BCUT2D eigenvalue weighted by Crippen LogP contribution is -2.29. The van der Waals surface area contributed by atoms with Gasteiger partial charge in [0.1, 0.15) is 0 Å². The summed E-state index contributed by atoms with van der Waals surface area (Å²) in [5.74, 6) is 0.754. The highest BCUT2D eigenvalue weighted by atomic mass is 32.2. The zero-order valence-corrected chi connectivity index (χ0v) is 10.6. The molecule has 1 heterocycles. The van der Waals surface area contributed by atoms with E-state index < -0.39 is 10.8 Å². The molecule has 0 N–H and O–H groups in total. The normalized spacial score (nSPS) is 20.8. The van der Waals surface area contributed by atoms with Crippen LogP contribution in [0, 0.1) is 0 Å². The molecule has 0 radical (unpaired) electrons. The molecule has 0 aliphatic carbocycles. The summed E-state index contributed by atoms with van der Waals surface area (Å²) < 4.78 is 11.5. The largest absolute Gasteiger partial charge is 0.295 e. The van der Waals surface area contributed by atoms with Gasteiger partial charge in [-0.05, 0) is 31.5 Å². The highest BCUT2D eigenvalue weighted by Crippen LogP contribution is 2.25. The highest BCUT2D eigenvalue weighted by Gasteiger charge is 2.23. The molecule has 3 heteroatoms. The SMILES string of the molecule is C[S@](=O)C[C@H](c1ccccc1)N1CCCC1. The molecule has 0 saturated carbocycles. The van der Waals surface area contributed by atoms with E-state index in [1.807, 2.05) is 6.07 Å². The van der Waals surface area contributed by atoms with Crippen LogP contribution in [0.5, 0.6) is 0 Å². The van der Waals surface area contributed by atoms with Gasteiger partial charge in [-0.15, -0.1) is 0 Å². The lowest BCUT2D eigenvalue weighted by molar-refractivity contribution is 0.266. The fourth-order valence-corrected chi connectivity index (χ4v) is 3.21. The Bertz CT molecular complexity index is 346. The second-order valence-electron chi connectivity index (χ2n) is 4.41. The standard InChI is InChI=1S/C13H19NOS/c1-16(15)11-13(14-9-5-6-10-14)12-7-3-2-4-8-12/h2-4,7-8,13H,5-6,9-11H2,1H3/t13-,16+/m1/s1. The van der Waals surface area contributed by atoms with Gasteiger partial charge in [-0.2, -0.15) is 0 Å². The van der Waals surface area contributed by atoms with Gasteiger partial charge < -0.3 is 0 Å². The van der Waals surface area contributed by atoms with Crippen LogP contribution in [0.15, 0.2) is 30.3 Å². The fourth-order valence-electron chi connectivity index (χ4n) is 2.36. The van der Waals surface area contributed by atoms with E-state index in [2.05, 4.69) is 29.2 Å². The Morgan fingerprint density at radius 1 is 1.25 bits per heavy atom. The first-order chi connectivity index (χ1) is 7.77. The maximum absolute atomic E-state index is 11.5. The van der Waals surface area contributed by atoms with Gasteiger partial charge in [-0.3, -0.25) is 9.11 Å². The van der Waals surface area contributed by atoms with Crippen molar-refractivity contribution in [1.82, 2.24) is 4.90 Å². The van der Waals surface area contributed by atoms with Gasteiger partial charge in [-0.1, -0.05) is 30.3 Å². The molecule has 1 aromatic carbocycles. The van der Waals surface area contributed by atoms with Crippen molar-refractivity contribution >= 4 is 10.8 Å². The van der Waals surface area contributed by atoms with Crippen LogP contribution in [-0.4, -0.2) is 34.2 Å². The van der Waals surface area contributed by atoms with Gasteiger partial charge in [0, 0.05) is 28.9 Å². The second-order valence-corrected chi connectivity index (χ2v) is 5.89. The summed E-state index contributed by atoms with van der Waals surface area (Å²) in [5, 5.41) is 0. The van der Waals surface area contributed by atoms with Gasteiger partial charge >= 0.3 is 0 Å². The fraction of sp³-hybridized carbons (Fsp3) is 0.538. The summed E-state index contributed by atoms with van der Waals surface area (Å²) in [6.45, 7) is 2.30. The Morgan fingerprint density at radius 3 is 2.44 bits per heavy atom. The molecule has 1 fully saturated rings. The van der Waals surface area contributed by atoms with Crippen molar-refractivity contribution in [3.8, 4) is 0 Å². The topological polar surface area (TPSA) is 20.3 Å². The number of hydrogen-bond acceptors (Lipinski definition) is 2. The number of benzene rings is 1. The summed E-state index contributed by atoms with van der Waals surface area (Å²) in [6.07, 6.45) is 4.35. The summed E-state index contributed by atoms with van der Waals surface area (Å²) in [5.41, 5.74) is 1.31. The lowest BCUT2D eigenvalue weighted by atomic mass is 10.1. The van der Waals surface area contributed by atoms with E-state index in [1.165, 1.54) is 18.4 Å². The van der Waals surface area contributed by atoms with Crippen molar-refractivity contribution in [3.05, 3.63) is 35.9 Å². The predicted molar refractivity (Wildman–Crippen MR) is 68.9 cm³/mol. The Kier molecular flexibility index (Phi) is 4.13. The van der Waals surface area contributed by atoms with Crippen LogP contribution in [-0.2, 0) is 10.8 Å². The molecule has 1 aliphatic heterocycles. The van der Waals surface area contributed by atoms with E-state index in [4.69, 9.17) is 0 Å². The van der Waals surface area contributed by atoms with Gasteiger partial charge in [0.25, 0.3) is 0 Å². The Balaban J connectivity index is 2.16. The quantitative estimate of drug-likeness (QED) is 0.800. The molecule has 2 rings (SSSR count). The molecular weight excluding hydrogens is 218 g/mol. The summed E-state index contributed by atoms with van der Waals surface area (Å²) >= 11 is 0. The summed E-state index contributed by atoms with van der Waals surface area (Å²) in [7, 11) is -0.734. The summed E-state index contributed by atoms with van der Waals surface area (Å²) in [6, 6.07) is 10.8. The van der Waals surface area contributed by atoms with Gasteiger partial charge in [0.15, 0.2) is 0 Å². The van der Waals surface area contributed by atoms with E-state index in [0.29, 0.717) is 6.04 Å². The zero-order valence-electron chi connectivity index (χ0n) is 9.76. The maximum atomic E-state index is 11.5. The van der Waals surface area contributed by atoms with E-state index >= 15 is 0 Å². The molecule has 2 atom stereocenters. The minimum Gasteiger partial charge on any atom is -0.295 e. The third-order valence-corrected chi connectivity index (χ3v) is 3.94. The third-order valence-electron chi connectivity index (χ3n) is 3.16. The van der Waals surface area contributed by atoms with Gasteiger partial charge in [-0.25, -0.2) is 0 Å². The van der Waals surface area contributed by atoms with Crippen LogP contribution in [0.4, 0.5) is 0 Å². The molecule has 0 bridgehead atoms. The monoisotopic (exact) mass is 237 g/mol. The van der Waals surface area contributed by atoms with Crippen LogP contribution in [0.1, 0.15) is 24.4 Å². The molecule has 1 aromatic rings. The molecule has 88 valence electrons. The van der Waals surface area contributed by atoms with Crippen LogP contribution in [0.2, 0.25) is 0 Å². The smallest absolute Gasteiger partial charge is 0.0463 e. The number of nitrogens with zero attached hydrogens (tertiary/aromatic N) is 1. The van der Waals surface area contributed by atoms with Crippen molar-refractivity contribution in [2.75, 3.05) is 25.1 Å². The Hall–Kier alpha value is -0.670. The average Bonchev–Trinajstić information content (AvgIpc) is 2.80. The highest BCUT2D eigenvalue weighted by molar-refractivity contribution is 7.84. The molecule has 0 spiro atoms. The van der Waals surface area contributed by atoms with E-state index in [0.717, 1.165) is 18.8 Å². The van der Waals surface area contributed by atoms with Crippen molar-refractivity contribution < 1.29 is 4.21 Å². The number of rotatable bonds is 4. The van der Waals surface area contributed by atoms with Gasteiger partial charge in [0.05, 0.1) is 0 Å². The molecule has 0 unspecified atom stereocenters. The number of hydrogen-bond donors (Lipinski definition) is 0. The van der Waals surface area contributed by atoms with E-state index in [9.17, 15) is 4.21 Å². The molecule has 1 aliphatic rings. The zero-order chi connectivity index (χ0) is 11.4. The van der Waals surface area contributed by atoms with Gasteiger partial charge in [0.2, 0.25) is 0 Å². The predicted octanol–water partition coefficient (Wildman–Crippen LogP) is 2.20.